The number of aliphatic carboxylic acids is 1. The highest BCUT2D eigenvalue weighted by Crippen LogP contribution is 2.19. The summed E-state index contributed by atoms with van der Waals surface area (Å²) in [7, 11) is 0. The van der Waals surface area contributed by atoms with Crippen molar-refractivity contribution in [2.75, 3.05) is 32.8 Å². The van der Waals surface area contributed by atoms with Crippen LogP contribution in [0.15, 0.2) is 24.3 Å². The standard InChI is InChI=1S/C92H159N27O26/c1-10-11-12-13-14-15-16-17-18-19-20-21-22-30-71(127)118-74(53(8)121)90(145)116-65(45-70(96)126)84(139)105-51(6)77(132)104-47-72(128)107-57(28-25-40-102-91(98)99)79(134)117-67(48-120)88(143)115-66(46-73(129)130)87(142)119-75(54(9)122)89(144)106-52(7)78(133)108-60(35-37-68(94)124)82(137)111-61(36-38-69(95)125)83(138)114-64(44-55-31-33-56(123)34-32-55)86(141)110-59(29-26-41-103-92(100)101)80(135)109-58(27-23-24-39-93)81(136)113-63(43-50(4)5)85(140)112-62(76(97)131)42-49(2)3/h31-34,49-54,57-67,74-75,120-123H,10-30,35-48,93H2,1-9H3,(H2,94,124)(H2,95,125)(H2,96,126)(H2,97,131)(H,104,132)(H,105,139)(H,106,144)(H,107,128)(H,108,133)(H,109,135)(H,110,141)(H,111,137)(H,112,140)(H,113,136)(H,114,138)(H,115,143)(H,116,145)(H,117,134)(H,118,127)(H,119,142)(H,129,130)(H4,98,99,102)(H4,100,101,103). The molecule has 20 amide bonds. The monoisotopic (exact) mass is 2060 g/mol. The van der Waals surface area contributed by atoms with Crippen LogP contribution in [0.2, 0.25) is 0 Å². The van der Waals surface area contributed by atoms with Crippen LogP contribution in [0, 0.1) is 22.7 Å². The van der Waals surface area contributed by atoms with Crippen LogP contribution in [-0.4, -0.2) is 297 Å². The van der Waals surface area contributed by atoms with Gasteiger partial charge in [0, 0.05) is 38.8 Å². The first kappa shape index (κ1) is 129. The summed E-state index contributed by atoms with van der Waals surface area (Å²) in [6.07, 6.45) is 5.40. The number of carbonyl (C=O) groups excluding carboxylic acids is 20. The summed E-state index contributed by atoms with van der Waals surface area (Å²) in [6, 6.07) is -20.6. The Morgan fingerprint density at radius 2 is 0.683 bits per heavy atom. The molecule has 0 bridgehead atoms. The number of benzene rings is 1. The molecule has 0 aromatic heterocycles. The topological polar surface area (TPSA) is 906 Å². The van der Waals surface area contributed by atoms with Gasteiger partial charge in [0.25, 0.3) is 0 Å². The first-order valence-electron chi connectivity index (χ1n) is 49.0. The summed E-state index contributed by atoms with van der Waals surface area (Å²) in [4.78, 5) is 286. The number of nitrogens with one attached hydrogen (secondary N) is 20. The van der Waals surface area contributed by atoms with Crippen molar-refractivity contribution in [3.05, 3.63) is 29.8 Å². The molecule has 39 N–H and O–H groups in total. The fraction of sp³-hybridized carbons (Fsp3) is 0.685. The van der Waals surface area contributed by atoms with Gasteiger partial charge >= 0.3 is 5.97 Å². The number of hydrogen-bond acceptors (Lipinski definition) is 28. The van der Waals surface area contributed by atoms with Crippen LogP contribution in [0.4, 0.5) is 0 Å². The molecular formula is C92H159N27O26. The van der Waals surface area contributed by atoms with Crippen LogP contribution < -0.4 is 136 Å². The minimum atomic E-state index is -2.24. The zero-order chi connectivity index (χ0) is 110. The van der Waals surface area contributed by atoms with Gasteiger partial charge in [0.2, 0.25) is 118 Å². The quantitative estimate of drug-likeness (QED) is 0.0164. The zero-order valence-electron chi connectivity index (χ0n) is 84.4. The molecule has 0 aliphatic carbocycles. The molecule has 0 saturated carbocycles. The number of aliphatic hydroxyl groups excluding tert-OH is 3. The number of phenols is 1. The molecule has 0 heterocycles. The van der Waals surface area contributed by atoms with E-state index < -0.39 is 297 Å². The minimum Gasteiger partial charge on any atom is -0.508 e. The molecule has 0 radical (unpaired) electrons. The van der Waals surface area contributed by atoms with E-state index in [1.807, 2.05) is 10.6 Å². The molecule has 1 rings (SSSR count). The van der Waals surface area contributed by atoms with Gasteiger partial charge in [-0.3, -0.25) is 112 Å². The van der Waals surface area contributed by atoms with Crippen LogP contribution >= 0.6 is 0 Å². The van der Waals surface area contributed by atoms with Gasteiger partial charge in [-0.2, -0.15) is 0 Å². The van der Waals surface area contributed by atoms with Crippen molar-refractivity contribution in [2.45, 2.75) is 358 Å². The number of carbonyl (C=O) groups is 21. The highest BCUT2D eigenvalue weighted by Gasteiger charge is 2.40. The van der Waals surface area contributed by atoms with Gasteiger partial charge < -0.3 is 161 Å². The molecule has 17 atom stereocenters. The summed E-state index contributed by atoms with van der Waals surface area (Å²) in [5.74, 6) is -25.3. The lowest BCUT2D eigenvalue weighted by molar-refractivity contribution is -0.142. The maximum absolute atomic E-state index is 14.9. The van der Waals surface area contributed by atoms with E-state index >= 15 is 0 Å². The maximum Gasteiger partial charge on any atom is 0.305 e. The number of carboxylic acid groups (broad SMARTS) is 1. The number of guanidine groups is 2. The van der Waals surface area contributed by atoms with Crippen LogP contribution in [-0.2, 0) is 107 Å². The van der Waals surface area contributed by atoms with Gasteiger partial charge in [0.15, 0.2) is 11.9 Å². The van der Waals surface area contributed by atoms with Gasteiger partial charge in [-0.15, -0.1) is 0 Å². The molecule has 1 aromatic rings. The van der Waals surface area contributed by atoms with E-state index in [-0.39, 0.29) is 101 Å². The SMILES string of the molecule is CCCCCCCCCCCCCCCC(=O)NC(C(=O)NC(CC(N)=O)C(=O)NC(C)C(=O)NCC(=O)NC(CCCNC(=N)N)C(=O)NC(CO)C(=O)NC(CC(=O)O)C(=O)NC(C(=O)NC(C)C(=O)NC(CCC(N)=O)C(=O)NC(CCC(N)=O)C(=O)NC(Cc1ccc(O)cc1)C(=O)NC(CCCNC(=N)N)C(=O)NC(CCCCN)C(=O)NC(CC(C)C)C(=O)NC(CC(C)C)C(N)=O)C(C)O)C(C)O. The highest BCUT2D eigenvalue weighted by atomic mass is 16.4. The third kappa shape index (κ3) is 56.2. The summed E-state index contributed by atoms with van der Waals surface area (Å²) < 4.78 is 0. The fourth-order valence-corrected chi connectivity index (χ4v) is 14.6. The van der Waals surface area contributed by atoms with Crippen LogP contribution in [0.5, 0.6) is 5.75 Å². The van der Waals surface area contributed by atoms with E-state index in [9.17, 15) is 126 Å². The largest absolute Gasteiger partial charge is 0.508 e. The Hall–Kier alpha value is -13.7. The average Bonchev–Trinajstić information content (AvgIpc) is 0.843. The molecular weight excluding hydrogens is 1900 g/mol. The molecule has 53 heteroatoms. The number of aromatic hydroxyl groups is 1. The smallest absolute Gasteiger partial charge is 0.305 e. The first-order valence-corrected chi connectivity index (χ1v) is 49.0. The Kier molecular flexibility index (Phi) is 63.2. The number of phenolic OH excluding ortho intramolecular Hbond substituents is 1. The van der Waals surface area contributed by atoms with Crippen LogP contribution in [0.3, 0.4) is 0 Å². The van der Waals surface area contributed by atoms with E-state index in [4.69, 9.17) is 51.0 Å². The van der Waals surface area contributed by atoms with Crippen molar-refractivity contribution in [3.8, 4) is 5.75 Å². The molecule has 0 aliphatic rings. The molecule has 53 nitrogen and oxygen atoms in total. The van der Waals surface area contributed by atoms with E-state index in [1.54, 1.807) is 27.7 Å². The van der Waals surface area contributed by atoms with Gasteiger partial charge in [-0.1, -0.05) is 124 Å². The second-order valence-corrected chi connectivity index (χ2v) is 36.7. The van der Waals surface area contributed by atoms with Gasteiger partial charge in [-0.25, -0.2) is 0 Å². The first-order chi connectivity index (χ1) is 68.2. The molecule has 145 heavy (non-hydrogen) atoms. The predicted octanol–water partition coefficient (Wildman–Crippen LogP) is -7.29. The zero-order valence-corrected chi connectivity index (χ0v) is 84.4. The lowest BCUT2D eigenvalue weighted by Gasteiger charge is -2.28. The normalized spacial score (nSPS) is 14.6. The van der Waals surface area contributed by atoms with Gasteiger partial charge in [0.05, 0.1) is 38.2 Å². The number of amides is 20. The fourth-order valence-electron chi connectivity index (χ4n) is 14.6. The number of rotatable bonds is 77. The summed E-state index contributed by atoms with van der Waals surface area (Å²) >= 11 is 0. The number of unbranched alkanes of at least 4 members (excludes halogenated alkanes) is 13. The summed E-state index contributed by atoms with van der Waals surface area (Å²) in [6.45, 7) is 11.4. The lowest BCUT2D eigenvalue weighted by Crippen LogP contribution is -2.62. The van der Waals surface area contributed by atoms with Crippen molar-refractivity contribution in [2.24, 2.45) is 52.0 Å². The Labute approximate surface area is 843 Å². The van der Waals surface area contributed by atoms with Crippen molar-refractivity contribution in [1.82, 2.24) is 95.7 Å². The van der Waals surface area contributed by atoms with Gasteiger partial charge in [-0.05, 0) is 141 Å². The van der Waals surface area contributed by atoms with E-state index in [0.29, 0.717) is 12.8 Å². The Morgan fingerprint density at radius 1 is 0.331 bits per heavy atom. The number of hydrogen-bond donors (Lipinski definition) is 32. The number of aliphatic hydroxyl groups is 3. The van der Waals surface area contributed by atoms with E-state index in [1.165, 1.54) is 76.1 Å². The van der Waals surface area contributed by atoms with Crippen molar-refractivity contribution in [3.63, 3.8) is 0 Å². The van der Waals surface area contributed by atoms with E-state index in [0.717, 1.165) is 52.9 Å². The molecule has 0 fully saturated rings. The van der Waals surface area contributed by atoms with Crippen LogP contribution in [0.1, 0.15) is 254 Å². The average molecular weight is 2060 g/mol. The predicted molar refractivity (Wildman–Crippen MR) is 528 cm³/mol. The molecule has 0 aliphatic heterocycles. The van der Waals surface area contributed by atoms with E-state index in [2.05, 4.69) is 92.0 Å². The second-order valence-electron chi connectivity index (χ2n) is 36.7. The third-order valence-corrected chi connectivity index (χ3v) is 22.6. The Balaban J connectivity index is 3.55. The molecule has 0 spiro atoms. The minimum absolute atomic E-state index is 0.00143. The molecule has 1 aromatic carbocycles. The number of nitrogens with two attached hydrogens (primary N) is 7. The Morgan fingerprint density at radius 3 is 1.12 bits per heavy atom. The van der Waals surface area contributed by atoms with Crippen LogP contribution in [0.25, 0.3) is 0 Å². The highest BCUT2D eigenvalue weighted by molar-refractivity contribution is 6.02. The summed E-state index contributed by atoms with van der Waals surface area (Å²) in [5, 5.41) is 110. The molecule has 17 unspecified atom stereocenters. The third-order valence-electron chi connectivity index (χ3n) is 22.6. The van der Waals surface area contributed by atoms with Crippen molar-refractivity contribution >= 4 is 136 Å². The number of primary amides is 4. The summed E-state index contributed by atoms with van der Waals surface area (Å²) in [5.41, 5.74) is 39.0. The van der Waals surface area contributed by atoms with Crippen molar-refractivity contribution < 1.29 is 126 Å². The lowest BCUT2D eigenvalue weighted by atomic mass is 9.99. The molecule has 0 saturated heterocycles. The van der Waals surface area contributed by atoms with Gasteiger partial charge in [0.1, 0.15) is 96.4 Å². The Bertz CT molecular complexity index is 4410. The maximum atomic E-state index is 14.9. The van der Waals surface area contributed by atoms with Crippen molar-refractivity contribution in [1.29, 1.82) is 10.8 Å². The molecule has 818 valence electrons. The second kappa shape index (κ2) is 70.9. The number of carboxylic acids is 1.